The van der Waals surface area contributed by atoms with Crippen molar-refractivity contribution < 1.29 is 19.4 Å². The standard InChI is InChI=1S/C14H18BrNO4/c1-14(2,3)20-13(19)10(12(17)18)11(16)8-5-4-6-9(15)7-8/h4-7,10-11H,16H2,1-3H3,(H,17,18). The first-order valence-corrected chi connectivity index (χ1v) is 6.88. The van der Waals surface area contributed by atoms with Gasteiger partial charge in [-0.05, 0) is 38.5 Å². The van der Waals surface area contributed by atoms with Gasteiger partial charge in [0.2, 0.25) is 0 Å². The Balaban J connectivity index is 3.02. The first-order chi connectivity index (χ1) is 9.11. The van der Waals surface area contributed by atoms with Crippen LogP contribution in [0.25, 0.3) is 0 Å². The number of esters is 1. The summed E-state index contributed by atoms with van der Waals surface area (Å²) in [4.78, 5) is 23.3. The van der Waals surface area contributed by atoms with E-state index in [-0.39, 0.29) is 0 Å². The van der Waals surface area contributed by atoms with Crippen LogP contribution in [-0.4, -0.2) is 22.6 Å². The Bertz CT molecular complexity index is 510. The Hall–Kier alpha value is -1.40. The van der Waals surface area contributed by atoms with E-state index in [1.54, 1.807) is 45.0 Å². The van der Waals surface area contributed by atoms with Crippen molar-refractivity contribution in [1.29, 1.82) is 0 Å². The summed E-state index contributed by atoms with van der Waals surface area (Å²) in [5.41, 5.74) is 5.72. The molecule has 0 amide bonds. The number of halogens is 1. The molecule has 0 saturated heterocycles. The predicted octanol–water partition coefficient (Wildman–Crippen LogP) is 2.49. The van der Waals surface area contributed by atoms with Crippen LogP contribution < -0.4 is 5.73 Å². The van der Waals surface area contributed by atoms with E-state index in [1.165, 1.54) is 0 Å². The van der Waals surface area contributed by atoms with E-state index in [2.05, 4.69) is 15.9 Å². The van der Waals surface area contributed by atoms with Gasteiger partial charge in [-0.2, -0.15) is 0 Å². The molecule has 1 rings (SSSR count). The third-order valence-corrected chi connectivity index (χ3v) is 3.01. The molecule has 1 aromatic carbocycles. The first-order valence-electron chi connectivity index (χ1n) is 6.08. The van der Waals surface area contributed by atoms with Crippen LogP contribution in [0.3, 0.4) is 0 Å². The summed E-state index contributed by atoms with van der Waals surface area (Å²) in [5, 5.41) is 9.25. The number of nitrogens with two attached hydrogens (primary N) is 1. The lowest BCUT2D eigenvalue weighted by molar-refractivity contribution is -0.167. The number of aliphatic carboxylic acids is 1. The lowest BCUT2D eigenvalue weighted by Crippen LogP contribution is -2.39. The quantitative estimate of drug-likeness (QED) is 0.647. The molecule has 3 N–H and O–H groups in total. The highest BCUT2D eigenvalue weighted by Gasteiger charge is 2.37. The number of ether oxygens (including phenoxy) is 1. The van der Waals surface area contributed by atoms with E-state index in [0.717, 1.165) is 4.47 Å². The number of carboxylic acid groups (broad SMARTS) is 1. The second-order valence-electron chi connectivity index (χ2n) is 5.43. The van der Waals surface area contributed by atoms with Gasteiger partial charge < -0.3 is 15.6 Å². The van der Waals surface area contributed by atoms with Crippen molar-refractivity contribution in [3.8, 4) is 0 Å². The molecule has 0 aliphatic heterocycles. The molecule has 0 spiro atoms. The van der Waals surface area contributed by atoms with Crippen molar-refractivity contribution in [2.75, 3.05) is 0 Å². The number of hydrogen-bond acceptors (Lipinski definition) is 4. The van der Waals surface area contributed by atoms with Crippen LogP contribution in [0, 0.1) is 5.92 Å². The number of carbonyl (C=O) groups is 2. The van der Waals surface area contributed by atoms with Crippen LogP contribution in [0.1, 0.15) is 32.4 Å². The molecule has 0 saturated carbocycles. The number of benzene rings is 1. The minimum Gasteiger partial charge on any atom is -0.481 e. The van der Waals surface area contributed by atoms with Crippen molar-refractivity contribution in [3.05, 3.63) is 34.3 Å². The fraction of sp³-hybridized carbons (Fsp3) is 0.429. The molecule has 0 radical (unpaired) electrons. The summed E-state index contributed by atoms with van der Waals surface area (Å²) in [5.74, 6) is -3.58. The Morgan fingerprint density at radius 2 is 1.95 bits per heavy atom. The Morgan fingerprint density at radius 1 is 1.35 bits per heavy atom. The van der Waals surface area contributed by atoms with Crippen molar-refractivity contribution in [3.63, 3.8) is 0 Å². The van der Waals surface area contributed by atoms with Gasteiger partial charge in [0.05, 0.1) is 6.04 Å². The van der Waals surface area contributed by atoms with Crippen molar-refractivity contribution in [2.45, 2.75) is 32.4 Å². The highest BCUT2D eigenvalue weighted by atomic mass is 79.9. The number of rotatable bonds is 4. The summed E-state index contributed by atoms with van der Waals surface area (Å²) >= 11 is 3.28. The maximum atomic E-state index is 12.0. The molecule has 0 heterocycles. The topological polar surface area (TPSA) is 89.6 Å². The van der Waals surface area contributed by atoms with E-state index in [0.29, 0.717) is 5.56 Å². The molecular weight excluding hydrogens is 326 g/mol. The van der Waals surface area contributed by atoms with Gasteiger partial charge in [0, 0.05) is 4.47 Å². The first kappa shape index (κ1) is 16.7. The van der Waals surface area contributed by atoms with Crippen molar-refractivity contribution in [2.24, 2.45) is 11.7 Å². The smallest absolute Gasteiger partial charge is 0.322 e. The van der Waals surface area contributed by atoms with E-state index in [4.69, 9.17) is 10.5 Å². The normalized spacial score (nSPS) is 14.4. The maximum absolute atomic E-state index is 12.0. The van der Waals surface area contributed by atoms with Crippen LogP contribution in [0.5, 0.6) is 0 Å². The lowest BCUT2D eigenvalue weighted by Gasteiger charge is -2.25. The van der Waals surface area contributed by atoms with Crippen LogP contribution in [0.4, 0.5) is 0 Å². The molecule has 0 aliphatic carbocycles. The molecule has 6 heteroatoms. The monoisotopic (exact) mass is 343 g/mol. The van der Waals surface area contributed by atoms with Crippen molar-refractivity contribution >= 4 is 27.9 Å². The average molecular weight is 344 g/mol. The van der Waals surface area contributed by atoms with E-state index >= 15 is 0 Å². The molecule has 2 unspecified atom stereocenters. The fourth-order valence-electron chi connectivity index (χ4n) is 1.67. The summed E-state index contributed by atoms with van der Waals surface area (Å²) in [6, 6.07) is 5.91. The maximum Gasteiger partial charge on any atom is 0.322 e. The Morgan fingerprint density at radius 3 is 2.40 bits per heavy atom. The van der Waals surface area contributed by atoms with Crippen molar-refractivity contribution in [1.82, 2.24) is 0 Å². The van der Waals surface area contributed by atoms with Gasteiger partial charge >= 0.3 is 11.9 Å². The van der Waals surface area contributed by atoms with Crippen LogP contribution in [-0.2, 0) is 14.3 Å². The van der Waals surface area contributed by atoms with E-state index in [9.17, 15) is 14.7 Å². The largest absolute Gasteiger partial charge is 0.481 e. The lowest BCUT2D eigenvalue weighted by atomic mass is 9.93. The second-order valence-corrected chi connectivity index (χ2v) is 6.35. The zero-order valence-electron chi connectivity index (χ0n) is 11.6. The average Bonchev–Trinajstić information content (AvgIpc) is 2.25. The molecule has 20 heavy (non-hydrogen) atoms. The predicted molar refractivity (Wildman–Crippen MR) is 78.0 cm³/mol. The molecule has 1 aromatic rings. The molecule has 0 bridgehead atoms. The highest BCUT2D eigenvalue weighted by molar-refractivity contribution is 9.10. The van der Waals surface area contributed by atoms with Gasteiger partial charge in [-0.3, -0.25) is 9.59 Å². The molecule has 0 aromatic heterocycles. The summed E-state index contributed by atoms with van der Waals surface area (Å²) < 4.78 is 5.89. The van der Waals surface area contributed by atoms with Gasteiger partial charge in [0.1, 0.15) is 5.60 Å². The van der Waals surface area contributed by atoms with E-state index in [1.807, 2.05) is 0 Å². The fourth-order valence-corrected chi connectivity index (χ4v) is 2.09. The van der Waals surface area contributed by atoms with Gasteiger partial charge in [-0.25, -0.2) is 0 Å². The summed E-state index contributed by atoms with van der Waals surface area (Å²) in [6.45, 7) is 5.03. The van der Waals surface area contributed by atoms with Crippen LogP contribution in [0.15, 0.2) is 28.7 Å². The van der Waals surface area contributed by atoms with Gasteiger partial charge in [0.15, 0.2) is 5.92 Å². The Labute approximate surface area is 126 Å². The third-order valence-electron chi connectivity index (χ3n) is 2.52. The molecule has 0 aliphatic rings. The van der Waals surface area contributed by atoms with Gasteiger partial charge in [0.25, 0.3) is 0 Å². The second kappa shape index (κ2) is 6.37. The number of carboxylic acids is 1. The summed E-state index contributed by atoms with van der Waals surface area (Å²) in [6.07, 6.45) is 0. The molecular formula is C14H18BrNO4. The minimum atomic E-state index is -1.44. The zero-order chi connectivity index (χ0) is 15.5. The molecule has 110 valence electrons. The van der Waals surface area contributed by atoms with Gasteiger partial charge in [-0.1, -0.05) is 28.1 Å². The molecule has 0 fully saturated rings. The number of carbonyl (C=O) groups excluding carboxylic acids is 1. The number of hydrogen-bond donors (Lipinski definition) is 2. The SMILES string of the molecule is CC(C)(C)OC(=O)C(C(=O)O)C(N)c1cccc(Br)c1. The molecule has 5 nitrogen and oxygen atoms in total. The Kier molecular flexibility index (Phi) is 5.30. The van der Waals surface area contributed by atoms with Crippen LogP contribution >= 0.6 is 15.9 Å². The third kappa shape index (κ3) is 4.61. The van der Waals surface area contributed by atoms with E-state index < -0.39 is 29.5 Å². The van der Waals surface area contributed by atoms with Crippen LogP contribution in [0.2, 0.25) is 0 Å². The van der Waals surface area contributed by atoms with Gasteiger partial charge in [-0.15, -0.1) is 0 Å². The highest BCUT2D eigenvalue weighted by Crippen LogP contribution is 2.25. The summed E-state index contributed by atoms with van der Waals surface area (Å²) in [7, 11) is 0. The molecule has 2 atom stereocenters. The zero-order valence-corrected chi connectivity index (χ0v) is 13.2. The minimum absolute atomic E-state index is 0.553.